The van der Waals surface area contributed by atoms with Crippen molar-refractivity contribution in [1.29, 1.82) is 0 Å². The second-order valence-corrected chi connectivity index (χ2v) is 6.31. The molecule has 0 aliphatic carbocycles. The van der Waals surface area contributed by atoms with Gasteiger partial charge in [0.25, 0.3) is 0 Å². The molecule has 0 aliphatic heterocycles. The van der Waals surface area contributed by atoms with Gasteiger partial charge in [0, 0.05) is 10.5 Å². The van der Waals surface area contributed by atoms with Gasteiger partial charge in [0.05, 0.1) is 6.21 Å². The highest BCUT2D eigenvalue weighted by Gasteiger charge is 2.07. The highest BCUT2D eigenvalue weighted by molar-refractivity contribution is 7.98. The number of nitrogens with one attached hydrogen (secondary N) is 1. The Morgan fingerprint density at radius 1 is 1.13 bits per heavy atom. The second-order valence-electron chi connectivity index (χ2n) is 5.05. The number of rotatable bonds is 4. The van der Waals surface area contributed by atoms with Crippen molar-refractivity contribution in [3.05, 3.63) is 64.4 Å². The first kappa shape index (κ1) is 15.7. The van der Waals surface area contributed by atoms with Crippen molar-refractivity contribution in [2.24, 2.45) is 5.10 Å². The molecule has 0 radical (unpaired) electrons. The maximum absolute atomic E-state index is 5.28. The van der Waals surface area contributed by atoms with E-state index in [0.717, 1.165) is 11.1 Å². The van der Waals surface area contributed by atoms with E-state index < -0.39 is 0 Å². The number of aromatic nitrogens is 3. The molecule has 0 bridgehead atoms. The van der Waals surface area contributed by atoms with Crippen molar-refractivity contribution in [2.75, 3.05) is 6.26 Å². The molecule has 0 amide bonds. The Labute approximate surface area is 144 Å². The summed E-state index contributed by atoms with van der Waals surface area (Å²) in [5.74, 6) is 0.701. The lowest BCUT2D eigenvalue weighted by molar-refractivity contribution is 0.871. The summed E-state index contributed by atoms with van der Waals surface area (Å²) in [6.07, 6.45) is 3.84. The Morgan fingerprint density at radius 2 is 1.83 bits per heavy atom. The van der Waals surface area contributed by atoms with E-state index in [1.165, 1.54) is 10.5 Å². The van der Waals surface area contributed by atoms with Crippen LogP contribution in [0, 0.1) is 11.7 Å². The number of hydrogen-bond acceptors (Lipinski definition) is 4. The molecule has 0 saturated heterocycles. The number of nitrogens with zero attached hydrogens (tertiary/aromatic N) is 3. The Bertz CT molecular complexity index is 874. The van der Waals surface area contributed by atoms with E-state index in [2.05, 4.69) is 40.6 Å². The molecule has 3 aromatic rings. The molecule has 2 aromatic carbocycles. The first-order valence-corrected chi connectivity index (χ1v) is 8.73. The van der Waals surface area contributed by atoms with E-state index in [4.69, 9.17) is 12.2 Å². The number of H-pyrrole nitrogens is 1. The van der Waals surface area contributed by atoms with Crippen LogP contribution in [0.4, 0.5) is 0 Å². The zero-order valence-corrected chi connectivity index (χ0v) is 14.5. The second kappa shape index (κ2) is 6.93. The summed E-state index contributed by atoms with van der Waals surface area (Å²) < 4.78 is 2.11. The number of thioether (sulfide) groups is 1. The van der Waals surface area contributed by atoms with E-state index in [1.807, 2.05) is 36.4 Å². The van der Waals surface area contributed by atoms with Gasteiger partial charge < -0.3 is 0 Å². The fourth-order valence-corrected chi connectivity index (χ4v) is 2.69. The number of aryl methyl sites for hydroxylation is 1. The van der Waals surface area contributed by atoms with Crippen molar-refractivity contribution in [2.45, 2.75) is 11.8 Å². The van der Waals surface area contributed by atoms with Crippen LogP contribution in [0.3, 0.4) is 0 Å². The average Bonchev–Trinajstić information content (AvgIpc) is 2.95. The van der Waals surface area contributed by atoms with Crippen LogP contribution in [0.25, 0.3) is 11.4 Å². The average molecular weight is 340 g/mol. The molecule has 0 saturated carbocycles. The van der Waals surface area contributed by atoms with Gasteiger partial charge in [0.1, 0.15) is 0 Å². The highest BCUT2D eigenvalue weighted by Crippen LogP contribution is 2.18. The third kappa shape index (κ3) is 3.60. The Balaban J connectivity index is 1.93. The number of aromatic amines is 1. The maximum atomic E-state index is 5.28. The molecule has 6 heteroatoms. The molecule has 116 valence electrons. The van der Waals surface area contributed by atoms with Crippen molar-refractivity contribution in [3.8, 4) is 11.4 Å². The summed E-state index contributed by atoms with van der Waals surface area (Å²) in [5, 5.41) is 11.6. The molecule has 0 aliphatic rings. The predicted octanol–water partition coefficient (Wildman–Crippen LogP) is 4.52. The molecule has 1 aromatic heterocycles. The Morgan fingerprint density at radius 3 is 2.48 bits per heavy atom. The lowest BCUT2D eigenvalue weighted by atomic mass is 10.1. The lowest BCUT2D eigenvalue weighted by Gasteiger charge is -2.02. The highest BCUT2D eigenvalue weighted by atomic mass is 32.2. The Hall–Kier alpha value is -2.18. The van der Waals surface area contributed by atoms with E-state index in [9.17, 15) is 0 Å². The third-order valence-corrected chi connectivity index (χ3v) is 4.41. The minimum absolute atomic E-state index is 0.470. The van der Waals surface area contributed by atoms with Gasteiger partial charge in [-0.3, -0.25) is 0 Å². The van der Waals surface area contributed by atoms with Gasteiger partial charge in [-0.05, 0) is 43.1 Å². The zero-order valence-electron chi connectivity index (χ0n) is 12.9. The minimum Gasteiger partial charge on any atom is -0.250 e. The van der Waals surface area contributed by atoms with Crippen molar-refractivity contribution in [1.82, 2.24) is 14.9 Å². The van der Waals surface area contributed by atoms with Crippen LogP contribution in [0.5, 0.6) is 0 Å². The zero-order chi connectivity index (χ0) is 16.2. The fourth-order valence-electron chi connectivity index (χ4n) is 2.10. The van der Waals surface area contributed by atoms with Gasteiger partial charge in [0.2, 0.25) is 4.77 Å². The van der Waals surface area contributed by atoms with Gasteiger partial charge in [-0.25, -0.2) is 5.10 Å². The predicted molar refractivity (Wildman–Crippen MR) is 98.8 cm³/mol. The van der Waals surface area contributed by atoms with Gasteiger partial charge in [0.15, 0.2) is 5.82 Å². The van der Waals surface area contributed by atoms with E-state index in [0.29, 0.717) is 10.6 Å². The summed E-state index contributed by atoms with van der Waals surface area (Å²) in [6, 6.07) is 16.3. The van der Waals surface area contributed by atoms with Crippen LogP contribution in [-0.2, 0) is 0 Å². The van der Waals surface area contributed by atoms with Gasteiger partial charge in [-0.15, -0.1) is 11.8 Å². The van der Waals surface area contributed by atoms with E-state index in [1.54, 1.807) is 22.7 Å². The van der Waals surface area contributed by atoms with Crippen LogP contribution in [0.2, 0.25) is 0 Å². The SMILES string of the molecule is CSc1ccc(/C=N/n2c(-c3ccc(C)cc3)n[nH]c2=S)cc1. The van der Waals surface area contributed by atoms with Crippen LogP contribution in [0.15, 0.2) is 58.5 Å². The van der Waals surface area contributed by atoms with E-state index >= 15 is 0 Å². The molecular weight excluding hydrogens is 324 g/mol. The van der Waals surface area contributed by atoms with Crippen LogP contribution < -0.4 is 0 Å². The summed E-state index contributed by atoms with van der Waals surface area (Å²) in [7, 11) is 0. The molecule has 0 atom stereocenters. The summed E-state index contributed by atoms with van der Waals surface area (Å²) >= 11 is 7.00. The molecule has 3 rings (SSSR count). The van der Waals surface area contributed by atoms with Crippen LogP contribution >= 0.6 is 24.0 Å². The Kier molecular flexibility index (Phi) is 4.73. The smallest absolute Gasteiger partial charge is 0.216 e. The van der Waals surface area contributed by atoms with Crippen LogP contribution in [0.1, 0.15) is 11.1 Å². The van der Waals surface area contributed by atoms with E-state index in [-0.39, 0.29) is 0 Å². The van der Waals surface area contributed by atoms with Crippen molar-refractivity contribution in [3.63, 3.8) is 0 Å². The number of hydrogen-bond donors (Lipinski definition) is 1. The molecule has 1 N–H and O–H groups in total. The minimum atomic E-state index is 0.470. The molecular formula is C17H16N4S2. The van der Waals surface area contributed by atoms with Gasteiger partial charge >= 0.3 is 0 Å². The lowest BCUT2D eigenvalue weighted by Crippen LogP contribution is -1.95. The van der Waals surface area contributed by atoms with Gasteiger partial charge in [-0.2, -0.15) is 14.9 Å². The van der Waals surface area contributed by atoms with Crippen molar-refractivity contribution >= 4 is 30.2 Å². The molecule has 0 unspecified atom stereocenters. The van der Waals surface area contributed by atoms with Crippen LogP contribution in [-0.4, -0.2) is 27.3 Å². The molecule has 23 heavy (non-hydrogen) atoms. The summed E-state index contributed by atoms with van der Waals surface area (Å²) in [4.78, 5) is 1.22. The number of benzene rings is 2. The first-order valence-electron chi connectivity index (χ1n) is 7.10. The largest absolute Gasteiger partial charge is 0.250 e. The monoisotopic (exact) mass is 340 g/mol. The molecule has 1 heterocycles. The fraction of sp³-hybridized carbons (Fsp3) is 0.118. The quantitative estimate of drug-likeness (QED) is 0.431. The van der Waals surface area contributed by atoms with Gasteiger partial charge in [-0.1, -0.05) is 42.0 Å². The topological polar surface area (TPSA) is 46.0 Å². The molecule has 0 spiro atoms. The normalized spacial score (nSPS) is 11.2. The maximum Gasteiger partial charge on any atom is 0.216 e. The van der Waals surface area contributed by atoms with Crippen molar-refractivity contribution < 1.29 is 0 Å². The summed E-state index contributed by atoms with van der Waals surface area (Å²) in [5.41, 5.74) is 3.19. The third-order valence-electron chi connectivity index (χ3n) is 3.40. The molecule has 4 nitrogen and oxygen atoms in total. The molecule has 0 fully saturated rings. The summed E-state index contributed by atoms with van der Waals surface area (Å²) in [6.45, 7) is 2.05. The first-order chi connectivity index (χ1) is 11.2. The standard InChI is InChI=1S/C17H16N4S2/c1-12-3-7-14(8-4-12)16-19-20-17(22)21(16)18-11-13-5-9-15(23-2)10-6-13/h3-11H,1-2H3,(H,20,22)/b18-11+.